The summed E-state index contributed by atoms with van der Waals surface area (Å²) in [6.07, 6.45) is 0. The fraction of sp³-hybridized carbons (Fsp3) is 0.150. The number of methoxy groups -OCH3 is 1. The van der Waals surface area contributed by atoms with Crippen molar-refractivity contribution in [3.8, 4) is 5.75 Å². The van der Waals surface area contributed by atoms with Gasteiger partial charge in [-0.3, -0.25) is 0 Å². The standard InChI is InChI=1S/C20H20N2O5S/c1-27-15-5-9-17-14(10-15)4-8-18(20(23)24)19(17)12-22-11-13-2-6-16(7-3-13)28(21,25)26/h2-10,22H,11-12H2,1H3,(H,23,24)(H2,21,25,26). The predicted molar refractivity (Wildman–Crippen MR) is 106 cm³/mol. The molecule has 0 saturated carbocycles. The van der Waals surface area contributed by atoms with E-state index in [1.54, 1.807) is 37.4 Å². The fourth-order valence-corrected chi connectivity index (χ4v) is 3.53. The van der Waals surface area contributed by atoms with Crippen LogP contribution in [0.1, 0.15) is 21.5 Å². The van der Waals surface area contributed by atoms with Crippen molar-refractivity contribution >= 4 is 26.8 Å². The lowest BCUT2D eigenvalue weighted by Crippen LogP contribution is -2.16. The van der Waals surface area contributed by atoms with Gasteiger partial charge in [-0.15, -0.1) is 0 Å². The number of fused-ring (bicyclic) bond motifs is 1. The van der Waals surface area contributed by atoms with Gasteiger partial charge in [-0.05, 0) is 52.2 Å². The first-order chi connectivity index (χ1) is 13.3. The SMILES string of the molecule is COc1ccc2c(CNCc3ccc(S(N)(=O)=O)cc3)c(C(=O)O)ccc2c1. The Labute approximate surface area is 162 Å². The van der Waals surface area contributed by atoms with Crippen molar-refractivity contribution in [2.45, 2.75) is 18.0 Å². The van der Waals surface area contributed by atoms with Crippen LogP contribution in [0.2, 0.25) is 0 Å². The zero-order valence-corrected chi connectivity index (χ0v) is 16.0. The molecule has 8 heteroatoms. The Balaban J connectivity index is 1.83. The van der Waals surface area contributed by atoms with Gasteiger partial charge in [-0.1, -0.05) is 24.3 Å². The van der Waals surface area contributed by atoms with Gasteiger partial charge in [0, 0.05) is 13.1 Å². The van der Waals surface area contributed by atoms with Crippen LogP contribution in [0, 0.1) is 0 Å². The molecule has 0 aliphatic carbocycles. The third-order valence-electron chi connectivity index (χ3n) is 4.45. The number of nitrogens with two attached hydrogens (primary N) is 1. The maximum absolute atomic E-state index is 11.6. The van der Waals surface area contributed by atoms with E-state index >= 15 is 0 Å². The van der Waals surface area contributed by atoms with E-state index in [4.69, 9.17) is 9.88 Å². The molecular weight excluding hydrogens is 380 g/mol. The fourth-order valence-electron chi connectivity index (χ4n) is 3.02. The molecule has 0 aliphatic rings. The minimum atomic E-state index is -3.72. The van der Waals surface area contributed by atoms with E-state index in [9.17, 15) is 18.3 Å². The number of ether oxygens (including phenoxy) is 1. The van der Waals surface area contributed by atoms with Gasteiger partial charge >= 0.3 is 5.97 Å². The van der Waals surface area contributed by atoms with Crippen molar-refractivity contribution in [1.82, 2.24) is 5.32 Å². The highest BCUT2D eigenvalue weighted by atomic mass is 32.2. The zero-order valence-electron chi connectivity index (χ0n) is 15.2. The molecule has 0 heterocycles. The van der Waals surface area contributed by atoms with Crippen molar-refractivity contribution < 1.29 is 23.1 Å². The van der Waals surface area contributed by atoms with E-state index in [1.165, 1.54) is 12.1 Å². The molecule has 0 amide bonds. The van der Waals surface area contributed by atoms with Crippen LogP contribution in [-0.2, 0) is 23.1 Å². The first-order valence-electron chi connectivity index (χ1n) is 8.45. The first-order valence-corrected chi connectivity index (χ1v) is 9.99. The molecule has 0 atom stereocenters. The van der Waals surface area contributed by atoms with Crippen LogP contribution in [0.3, 0.4) is 0 Å². The Morgan fingerprint density at radius 2 is 1.79 bits per heavy atom. The van der Waals surface area contributed by atoms with Crippen LogP contribution < -0.4 is 15.2 Å². The summed E-state index contributed by atoms with van der Waals surface area (Å²) >= 11 is 0. The summed E-state index contributed by atoms with van der Waals surface area (Å²) in [7, 11) is -2.14. The highest BCUT2D eigenvalue weighted by molar-refractivity contribution is 7.89. The smallest absolute Gasteiger partial charge is 0.336 e. The van der Waals surface area contributed by atoms with Gasteiger partial charge in [-0.2, -0.15) is 0 Å². The normalized spacial score (nSPS) is 11.5. The van der Waals surface area contributed by atoms with Gasteiger partial charge in [0.05, 0.1) is 17.6 Å². The number of rotatable bonds is 7. The first kappa shape index (κ1) is 19.8. The number of carboxylic acids is 1. The molecule has 0 bridgehead atoms. The molecule has 0 saturated heterocycles. The molecule has 28 heavy (non-hydrogen) atoms. The number of benzene rings is 3. The van der Waals surface area contributed by atoms with Crippen molar-refractivity contribution in [3.63, 3.8) is 0 Å². The number of primary sulfonamides is 1. The third-order valence-corrected chi connectivity index (χ3v) is 5.38. The predicted octanol–water partition coefficient (Wildman–Crippen LogP) is 2.48. The molecule has 0 aromatic heterocycles. The molecule has 0 unspecified atom stereocenters. The summed E-state index contributed by atoms with van der Waals surface area (Å²) in [5.41, 5.74) is 1.76. The van der Waals surface area contributed by atoms with E-state index in [-0.39, 0.29) is 10.5 Å². The van der Waals surface area contributed by atoms with Crippen molar-refractivity contribution in [2.75, 3.05) is 7.11 Å². The second-order valence-electron chi connectivity index (χ2n) is 6.28. The molecule has 4 N–H and O–H groups in total. The number of sulfonamides is 1. The minimum Gasteiger partial charge on any atom is -0.497 e. The summed E-state index contributed by atoms with van der Waals surface area (Å²) < 4.78 is 27.9. The second-order valence-corrected chi connectivity index (χ2v) is 7.84. The molecule has 0 aliphatic heterocycles. The molecule has 0 fully saturated rings. The summed E-state index contributed by atoms with van der Waals surface area (Å²) in [4.78, 5) is 11.7. The molecule has 7 nitrogen and oxygen atoms in total. The maximum atomic E-state index is 11.6. The van der Waals surface area contributed by atoms with Gasteiger partial charge in [-0.25, -0.2) is 18.4 Å². The van der Waals surface area contributed by atoms with Gasteiger partial charge < -0.3 is 15.2 Å². The van der Waals surface area contributed by atoms with E-state index < -0.39 is 16.0 Å². The number of aromatic carboxylic acids is 1. The van der Waals surface area contributed by atoms with Crippen LogP contribution in [0.5, 0.6) is 5.75 Å². The van der Waals surface area contributed by atoms with Gasteiger partial charge in [0.2, 0.25) is 10.0 Å². The quantitative estimate of drug-likeness (QED) is 0.561. The van der Waals surface area contributed by atoms with Gasteiger partial charge in [0.15, 0.2) is 0 Å². The Morgan fingerprint density at radius 1 is 1.07 bits per heavy atom. The number of nitrogens with one attached hydrogen (secondary N) is 1. The van der Waals surface area contributed by atoms with Crippen molar-refractivity contribution in [2.24, 2.45) is 5.14 Å². The summed E-state index contributed by atoms with van der Waals surface area (Å²) in [5.74, 6) is -0.295. The third kappa shape index (κ3) is 4.30. The molecule has 3 rings (SSSR count). The van der Waals surface area contributed by atoms with E-state index in [1.807, 2.05) is 12.1 Å². The van der Waals surface area contributed by atoms with Gasteiger partial charge in [0.25, 0.3) is 0 Å². The number of carbonyl (C=O) groups is 1. The lowest BCUT2D eigenvalue weighted by atomic mass is 9.98. The highest BCUT2D eigenvalue weighted by Gasteiger charge is 2.14. The van der Waals surface area contributed by atoms with Crippen LogP contribution in [0.15, 0.2) is 59.5 Å². The average molecular weight is 400 g/mol. The minimum absolute atomic E-state index is 0.0485. The number of carboxylic acid groups (broad SMARTS) is 1. The molecule has 146 valence electrons. The molecule has 0 radical (unpaired) electrons. The summed E-state index contributed by atoms with van der Waals surface area (Å²) in [6, 6.07) is 15.1. The number of hydrogen-bond acceptors (Lipinski definition) is 5. The Hall–Kier alpha value is -2.94. The Morgan fingerprint density at radius 3 is 2.39 bits per heavy atom. The zero-order chi connectivity index (χ0) is 20.3. The summed E-state index contributed by atoms with van der Waals surface area (Å²) in [6.45, 7) is 0.777. The molecule has 3 aromatic carbocycles. The van der Waals surface area contributed by atoms with Crippen molar-refractivity contribution in [3.05, 3.63) is 71.3 Å². The molecule has 3 aromatic rings. The maximum Gasteiger partial charge on any atom is 0.336 e. The monoisotopic (exact) mass is 400 g/mol. The van der Waals surface area contributed by atoms with Gasteiger partial charge in [0.1, 0.15) is 5.75 Å². The molecular formula is C20H20N2O5S. The van der Waals surface area contributed by atoms with E-state index in [0.717, 1.165) is 16.3 Å². The van der Waals surface area contributed by atoms with Crippen LogP contribution in [0.4, 0.5) is 0 Å². The lowest BCUT2D eigenvalue weighted by Gasteiger charge is -2.13. The highest BCUT2D eigenvalue weighted by Crippen LogP contribution is 2.26. The van der Waals surface area contributed by atoms with Crippen molar-refractivity contribution in [1.29, 1.82) is 0 Å². The number of hydrogen-bond donors (Lipinski definition) is 3. The average Bonchev–Trinajstić information content (AvgIpc) is 2.67. The Bertz CT molecular complexity index is 1130. The van der Waals surface area contributed by atoms with E-state index in [0.29, 0.717) is 24.4 Å². The van der Waals surface area contributed by atoms with E-state index in [2.05, 4.69) is 5.32 Å². The second kappa shape index (κ2) is 7.97. The molecule has 0 spiro atoms. The Kier molecular flexibility index (Phi) is 5.64. The lowest BCUT2D eigenvalue weighted by molar-refractivity contribution is 0.0695. The van der Waals surface area contributed by atoms with Crippen LogP contribution in [0.25, 0.3) is 10.8 Å². The van der Waals surface area contributed by atoms with Crippen LogP contribution in [-0.4, -0.2) is 26.6 Å². The van der Waals surface area contributed by atoms with Crippen LogP contribution >= 0.6 is 0 Å². The summed E-state index contributed by atoms with van der Waals surface area (Å²) in [5, 5.41) is 19.6. The largest absolute Gasteiger partial charge is 0.497 e. The topological polar surface area (TPSA) is 119 Å².